The summed E-state index contributed by atoms with van der Waals surface area (Å²) in [5, 5.41) is 5.75. The Balaban J connectivity index is 1.41. The molecule has 148 valence electrons. The number of benzene rings is 2. The average molecular weight is 401 g/mol. The van der Waals surface area contributed by atoms with Crippen LogP contribution in [0.15, 0.2) is 54.6 Å². The molecule has 1 saturated carbocycles. The summed E-state index contributed by atoms with van der Waals surface area (Å²) in [7, 11) is 0. The number of nitrogens with one attached hydrogen (secondary N) is 2. The molecule has 1 aliphatic carbocycles. The number of hydrogen-bond acceptors (Lipinski definition) is 3. The molecule has 0 atom stereocenters. The van der Waals surface area contributed by atoms with E-state index in [-0.39, 0.29) is 34.6 Å². The van der Waals surface area contributed by atoms with Crippen LogP contribution in [0.2, 0.25) is 0 Å². The van der Waals surface area contributed by atoms with E-state index in [2.05, 4.69) is 22.8 Å². The lowest BCUT2D eigenvalue weighted by Crippen LogP contribution is -2.39. The summed E-state index contributed by atoms with van der Waals surface area (Å²) in [4.78, 5) is 24.2. The molecule has 0 saturated heterocycles. The summed E-state index contributed by atoms with van der Waals surface area (Å²) in [5.41, 5.74) is 1.86. The number of hydrogen-bond donors (Lipinski definition) is 2. The molecule has 4 nitrogen and oxygen atoms in total. The Hall–Kier alpha value is -2.34. The Bertz CT molecular complexity index is 790. The van der Waals surface area contributed by atoms with Crippen molar-refractivity contribution in [2.24, 2.45) is 0 Å². The fourth-order valence-electron chi connectivity index (χ4n) is 3.70. The first-order valence-electron chi connectivity index (χ1n) is 9.53. The maximum absolute atomic E-state index is 12.9. The van der Waals surface area contributed by atoms with Gasteiger partial charge in [-0.2, -0.15) is 0 Å². The lowest BCUT2D eigenvalue weighted by molar-refractivity contribution is -0.118. The second kappa shape index (κ2) is 9.73. The van der Waals surface area contributed by atoms with Gasteiger partial charge in [0.2, 0.25) is 11.8 Å². The van der Waals surface area contributed by atoms with Gasteiger partial charge in [-0.05, 0) is 42.7 Å². The SMILES string of the molecule is O=C(CSCC(=O)Nc1ccc(F)cc1)NCC1(c2ccccc2)CCCC1. The highest BCUT2D eigenvalue weighted by atomic mass is 32.2. The minimum absolute atomic E-state index is 0.0293. The second-order valence-corrected chi connectivity index (χ2v) is 8.16. The summed E-state index contributed by atoms with van der Waals surface area (Å²) in [6.07, 6.45) is 4.54. The molecule has 0 heterocycles. The van der Waals surface area contributed by atoms with E-state index in [4.69, 9.17) is 0 Å². The van der Waals surface area contributed by atoms with Crippen LogP contribution in [0.3, 0.4) is 0 Å². The topological polar surface area (TPSA) is 58.2 Å². The predicted molar refractivity (Wildman–Crippen MR) is 112 cm³/mol. The zero-order chi connectivity index (χ0) is 19.8. The van der Waals surface area contributed by atoms with Gasteiger partial charge >= 0.3 is 0 Å². The minimum Gasteiger partial charge on any atom is -0.354 e. The van der Waals surface area contributed by atoms with Crippen molar-refractivity contribution in [3.05, 3.63) is 66.0 Å². The second-order valence-electron chi connectivity index (χ2n) is 7.18. The van der Waals surface area contributed by atoms with Crippen LogP contribution in [-0.2, 0) is 15.0 Å². The lowest BCUT2D eigenvalue weighted by Gasteiger charge is -2.30. The minimum atomic E-state index is -0.348. The van der Waals surface area contributed by atoms with Gasteiger partial charge in [0.1, 0.15) is 5.82 Å². The summed E-state index contributed by atoms with van der Waals surface area (Å²) in [6, 6.07) is 16.0. The molecule has 6 heteroatoms. The van der Waals surface area contributed by atoms with E-state index in [1.54, 1.807) is 0 Å². The van der Waals surface area contributed by atoms with E-state index in [1.807, 2.05) is 18.2 Å². The molecule has 2 N–H and O–H groups in total. The van der Waals surface area contributed by atoms with E-state index in [1.165, 1.54) is 54.4 Å². The van der Waals surface area contributed by atoms with Crippen molar-refractivity contribution in [2.75, 3.05) is 23.4 Å². The van der Waals surface area contributed by atoms with Crippen LogP contribution in [0.25, 0.3) is 0 Å². The van der Waals surface area contributed by atoms with Gasteiger partial charge in [-0.25, -0.2) is 4.39 Å². The smallest absolute Gasteiger partial charge is 0.234 e. The summed E-state index contributed by atoms with van der Waals surface area (Å²) >= 11 is 1.27. The molecule has 28 heavy (non-hydrogen) atoms. The van der Waals surface area contributed by atoms with Gasteiger partial charge in [0.05, 0.1) is 11.5 Å². The Kier molecular flexibility index (Phi) is 7.09. The van der Waals surface area contributed by atoms with Gasteiger partial charge < -0.3 is 10.6 Å². The zero-order valence-corrected chi connectivity index (χ0v) is 16.6. The number of halogens is 1. The fraction of sp³-hybridized carbons (Fsp3) is 0.364. The molecule has 0 bridgehead atoms. The van der Waals surface area contributed by atoms with Crippen molar-refractivity contribution in [1.29, 1.82) is 0 Å². The third kappa shape index (κ3) is 5.58. The van der Waals surface area contributed by atoms with Gasteiger partial charge in [0.15, 0.2) is 0 Å². The molecule has 3 rings (SSSR count). The molecule has 2 aromatic rings. The molecule has 0 radical (unpaired) electrons. The van der Waals surface area contributed by atoms with Gasteiger partial charge in [0.25, 0.3) is 0 Å². The number of carbonyl (C=O) groups is 2. The molecule has 0 aliphatic heterocycles. The predicted octanol–water partition coefficient (Wildman–Crippen LogP) is 4.13. The molecule has 2 aromatic carbocycles. The molecule has 0 unspecified atom stereocenters. The highest BCUT2D eigenvalue weighted by Crippen LogP contribution is 2.40. The average Bonchev–Trinajstić information content (AvgIpc) is 3.19. The number of carbonyl (C=O) groups excluding carboxylic acids is 2. The normalized spacial score (nSPS) is 15.2. The molecule has 2 amide bonds. The number of amides is 2. The van der Waals surface area contributed by atoms with Crippen LogP contribution < -0.4 is 10.6 Å². The summed E-state index contributed by atoms with van der Waals surface area (Å²) in [6.45, 7) is 0.637. The Morgan fingerprint density at radius 2 is 1.57 bits per heavy atom. The largest absolute Gasteiger partial charge is 0.354 e. The maximum atomic E-state index is 12.9. The van der Waals surface area contributed by atoms with Crippen molar-refractivity contribution in [3.8, 4) is 0 Å². The van der Waals surface area contributed by atoms with Gasteiger partial charge in [-0.15, -0.1) is 11.8 Å². The van der Waals surface area contributed by atoms with Crippen molar-refractivity contribution in [3.63, 3.8) is 0 Å². The Morgan fingerprint density at radius 3 is 2.25 bits per heavy atom. The lowest BCUT2D eigenvalue weighted by atomic mass is 9.79. The zero-order valence-electron chi connectivity index (χ0n) is 15.7. The van der Waals surface area contributed by atoms with E-state index in [0.717, 1.165) is 12.8 Å². The number of thioether (sulfide) groups is 1. The summed E-state index contributed by atoms with van der Waals surface area (Å²) in [5.74, 6) is -0.196. The molecule has 1 fully saturated rings. The monoisotopic (exact) mass is 400 g/mol. The standard InChI is InChI=1S/C22H25FN2O2S/c23-18-8-10-19(11-9-18)25-21(27)15-28-14-20(26)24-16-22(12-4-5-13-22)17-6-2-1-3-7-17/h1-3,6-11H,4-5,12-16H2,(H,24,26)(H,25,27). The summed E-state index contributed by atoms with van der Waals surface area (Å²) < 4.78 is 12.9. The highest BCUT2D eigenvalue weighted by molar-refractivity contribution is 8.00. The third-order valence-corrected chi connectivity index (χ3v) is 6.10. The van der Waals surface area contributed by atoms with Crippen LogP contribution in [0.1, 0.15) is 31.2 Å². The first-order chi connectivity index (χ1) is 13.6. The van der Waals surface area contributed by atoms with Crippen LogP contribution in [0.4, 0.5) is 10.1 Å². The van der Waals surface area contributed by atoms with E-state index in [9.17, 15) is 14.0 Å². The van der Waals surface area contributed by atoms with Crippen LogP contribution >= 0.6 is 11.8 Å². The fourth-order valence-corrected chi connectivity index (χ4v) is 4.34. The van der Waals surface area contributed by atoms with Gasteiger partial charge in [0, 0.05) is 17.6 Å². The Labute approximate surface area is 169 Å². The van der Waals surface area contributed by atoms with Gasteiger partial charge in [-0.3, -0.25) is 9.59 Å². The molecule has 1 aliphatic rings. The van der Waals surface area contributed by atoms with Crippen molar-refractivity contribution in [2.45, 2.75) is 31.1 Å². The molecular weight excluding hydrogens is 375 g/mol. The quantitative estimate of drug-likeness (QED) is 0.701. The van der Waals surface area contributed by atoms with Gasteiger partial charge in [-0.1, -0.05) is 43.2 Å². The van der Waals surface area contributed by atoms with Crippen molar-refractivity contribution in [1.82, 2.24) is 5.32 Å². The maximum Gasteiger partial charge on any atom is 0.234 e. The first kappa shape index (κ1) is 20.4. The van der Waals surface area contributed by atoms with E-state index in [0.29, 0.717) is 12.2 Å². The van der Waals surface area contributed by atoms with E-state index >= 15 is 0 Å². The van der Waals surface area contributed by atoms with E-state index < -0.39 is 0 Å². The highest BCUT2D eigenvalue weighted by Gasteiger charge is 2.35. The Morgan fingerprint density at radius 1 is 0.929 bits per heavy atom. The van der Waals surface area contributed by atoms with Crippen molar-refractivity contribution >= 4 is 29.3 Å². The molecule has 0 spiro atoms. The first-order valence-corrected chi connectivity index (χ1v) is 10.7. The van der Waals surface area contributed by atoms with Crippen molar-refractivity contribution < 1.29 is 14.0 Å². The molecular formula is C22H25FN2O2S. The molecule has 0 aromatic heterocycles. The van der Waals surface area contributed by atoms with Crippen LogP contribution in [-0.4, -0.2) is 29.9 Å². The van der Waals surface area contributed by atoms with Crippen LogP contribution in [0, 0.1) is 5.82 Å². The van der Waals surface area contributed by atoms with Crippen LogP contribution in [0.5, 0.6) is 0 Å². The number of anilines is 1. The number of rotatable bonds is 8. The third-order valence-electron chi connectivity index (χ3n) is 5.17.